The Hall–Kier alpha value is -1.38. The number of hydrogen-bond donors (Lipinski definition) is 3. The Morgan fingerprint density at radius 3 is 2.67 bits per heavy atom. The maximum atomic E-state index is 12.6. The van der Waals surface area contributed by atoms with Crippen molar-refractivity contribution < 1.29 is 28.1 Å². The number of rotatable bonds is 3. The van der Waals surface area contributed by atoms with Gasteiger partial charge in [0.05, 0.1) is 18.8 Å². The molecule has 8 heteroatoms. The van der Waals surface area contributed by atoms with Gasteiger partial charge in [0.1, 0.15) is 23.7 Å². The van der Waals surface area contributed by atoms with Gasteiger partial charge >= 0.3 is 6.18 Å². The topological polar surface area (TPSA) is 74.6 Å². The molecule has 4 atom stereocenters. The van der Waals surface area contributed by atoms with Gasteiger partial charge < -0.3 is 20.3 Å². The predicted octanol–water partition coefficient (Wildman–Crippen LogP) is 1.41. The lowest BCUT2D eigenvalue weighted by Gasteiger charge is -2.37. The van der Waals surface area contributed by atoms with Crippen LogP contribution in [0.25, 0.3) is 0 Å². The minimum atomic E-state index is -4.54. The van der Waals surface area contributed by atoms with E-state index in [0.29, 0.717) is 6.42 Å². The van der Waals surface area contributed by atoms with Crippen molar-refractivity contribution >= 4 is 5.82 Å². The number of pyridine rings is 1. The van der Waals surface area contributed by atoms with Crippen molar-refractivity contribution in [2.45, 2.75) is 43.9 Å². The van der Waals surface area contributed by atoms with E-state index in [-0.39, 0.29) is 12.4 Å². The Labute approximate surface area is 119 Å². The van der Waals surface area contributed by atoms with Crippen LogP contribution in [-0.2, 0) is 10.9 Å². The third-order valence-corrected chi connectivity index (χ3v) is 3.41. The molecule has 0 amide bonds. The van der Waals surface area contributed by atoms with E-state index in [1.165, 1.54) is 12.1 Å². The van der Waals surface area contributed by atoms with Crippen LogP contribution in [0.3, 0.4) is 0 Å². The van der Waals surface area contributed by atoms with Crippen LogP contribution < -0.4 is 5.32 Å². The summed E-state index contributed by atoms with van der Waals surface area (Å²) in [5.41, 5.74) is -1.02. The number of nitrogens with zero attached hydrogens (tertiary/aromatic N) is 1. The van der Waals surface area contributed by atoms with E-state index in [9.17, 15) is 23.4 Å². The zero-order chi connectivity index (χ0) is 15.6. The zero-order valence-corrected chi connectivity index (χ0v) is 11.3. The highest BCUT2D eigenvalue weighted by Gasteiger charge is 2.38. The molecule has 118 valence electrons. The summed E-state index contributed by atoms with van der Waals surface area (Å²) < 4.78 is 43.1. The van der Waals surface area contributed by atoms with Crippen molar-refractivity contribution in [3.05, 3.63) is 23.9 Å². The van der Waals surface area contributed by atoms with Crippen LogP contribution in [0.15, 0.2) is 18.2 Å². The van der Waals surface area contributed by atoms with Crippen molar-refractivity contribution in [1.82, 2.24) is 4.98 Å². The van der Waals surface area contributed by atoms with Gasteiger partial charge in [-0.15, -0.1) is 0 Å². The molecule has 0 spiro atoms. The van der Waals surface area contributed by atoms with Crippen molar-refractivity contribution in [3.8, 4) is 0 Å². The third-order valence-electron chi connectivity index (χ3n) is 3.41. The Morgan fingerprint density at radius 1 is 1.33 bits per heavy atom. The molecule has 1 saturated heterocycles. The fourth-order valence-electron chi connectivity index (χ4n) is 2.23. The monoisotopic (exact) mass is 306 g/mol. The lowest BCUT2D eigenvalue weighted by Crippen LogP contribution is -2.55. The first-order valence-electron chi connectivity index (χ1n) is 6.61. The van der Waals surface area contributed by atoms with E-state index in [2.05, 4.69) is 10.3 Å². The summed E-state index contributed by atoms with van der Waals surface area (Å²) in [6.45, 7) is 1.89. The highest BCUT2D eigenvalue weighted by atomic mass is 19.4. The molecule has 0 saturated carbocycles. The van der Waals surface area contributed by atoms with Crippen LogP contribution in [0.2, 0.25) is 0 Å². The first-order valence-corrected chi connectivity index (χ1v) is 6.61. The number of nitrogens with one attached hydrogen (secondary N) is 1. The summed E-state index contributed by atoms with van der Waals surface area (Å²) in [5.74, 6) is -0.0281. The van der Waals surface area contributed by atoms with E-state index >= 15 is 0 Å². The van der Waals surface area contributed by atoms with Gasteiger partial charge in [0, 0.05) is 0 Å². The van der Waals surface area contributed by atoms with Gasteiger partial charge in [-0.1, -0.05) is 13.0 Å². The van der Waals surface area contributed by atoms with Gasteiger partial charge in [-0.2, -0.15) is 13.2 Å². The van der Waals surface area contributed by atoms with E-state index in [1.807, 2.05) is 6.92 Å². The molecule has 1 fully saturated rings. The van der Waals surface area contributed by atoms with Gasteiger partial charge in [-0.25, -0.2) is 4.98 Å². The molecular weight excluding hydrogens is 289 g/mol. The smallest absolute Gasteiger partial charge is 0.388 e. The Kier molecular flexibility index (Phi) is 4.70. The lowest BCUT2D eigenvalue weighted by molar-refractivity contribution is -0.142. The Morgan fingerprint density at radius 2 is 2.05 bits per heavy atom. The van der Waals surface area contributed by atoms with Crippen LogP contribution in [0, 0.1) is 0 Å². The summed E-state index contributed by atoms with van der Waals surface area (Å²) in [7, 11) is 0. The highest BCUT2D eigenvalue weighted by molar-refractivity contribution is 5.37. The molecular formula is C13H17F3N2O3. The summed E-state index contributed by atoms with van der Waals surface area (Å²) in [5, 5.41) is 22.5. The molecule has 1 aliphatic rings. The van der Waals surface area contributed by atoms with Crippen LogP contribution in [0.4, 0.5) is 19.0 Å². The molecule has 1 aliphatic heterocycles. The van der Waals surface area contributed by atoms with Gasteiger partial charge in [-0.05, 0) is 18.6 Å². The van der Waals surface area contributed by atoms with Gasteiger partial charge in [-0.3, -0.25) is 0 Å². The molecule has 21 heavy (non-hydrogen) atoms. The number of aromatic nitrogens is 1. The number of halogens is 3. The molecule has 5 nitrogen and oxygen atoms in total. The molecule has 1 aromatic heterocycles. The number of hydrogen-bond acceptors (Lipinski definition) is 5. The zero-order valence-electron chi connectivity index (χ0n) is 11.3. The van der Waals surface area contributed by atoms with E-state index in [1.54, 1.807) is 0 Å². The Bertz CT molecular complexity index is 484. The molecule has 0 aromatic carbocycles. The standard InChI is InChI=1S/C13H17F3N2O3/c1-2-8-12(20)11(19)7(6-21-8)17-10-5-3-4-9(18-10)13(14,15)16/h3-5,7-8,11-12,19-20H,2,6H2,1H3,(H,17,18). The minimum absolute atomic E-state index is 0.0281. The van der Waals surface area contributed by atoms with Crippen molar-refractivity contribution in [2.75, 3.05) is 11.9 Å². The first kappa shape index (κ1) is 16.0. The average Bonchev–Trinajstić information content (AvgIpc) is 2.44. The van der Waals surface area contributed by atoms with Gasteiger partial charge in [0.15, 0.2) is 0 Å². The third kappa shape index (κ3) is 3.63. The summed E-state index contributed by atoms with van der Waals surface area (Å²) >= 11 is 0. The van der Waals surface area contributed by atoms with E-state index < -0.39 is 36.2 Å². The quantitative estimate of drug-likeness (QED) is 0.787. The van der Waals surface area contributed by atoms with Crippen LogP contribution in [-0.4, -0.2) is 46.2 Å². The van der Waals surface area contributed by atoms with Gasteiger partial charge in [0.25, 0.3) is 0 Å². The lowest BCUT2D eigenvalue weighted by atomic mass is 9.96. The predicted molar refractivity (Wildman–Crippen MR) is 68.7 cm³/mol. The summed E-state index contributed by atoms with van der Waals surface area (Å²) in [6.07, 6.45) is -6.71. The molecule has 2 rings (SSSR count). The fraction of sp³-hybridized carbons (Fsp3) is 0.615. The number of alkyl halides is 3. The largest absolute Gasteiger partial charge is 0.433 e. The number of aliphatic hydroxyl groups is 2. The molecule has 4 unspecified atom stereocenters. The maximum absolute atomic E-state index is 12.6. The summed E-state index contributed by atoms with van der Waals surface area (Å²) in [6, 6.07) is 2.72. The van der Waals surface area contributed by atoms with Crippen molar-refractivity contribution in [1.29, 1.82) is 0 Å². The normalized spacial score (nSPS) is 30.2. The number of ether oxygens (including phenoxy) is 1. The molecule has 3 N–H and O–H groups in total. The molecule has 1 aromatic rings. The van der Waals surface area contributed by atoms with Crippen LogP contribution in [0.1, 0.15) is 19.0 Å². The number of aliphatic hydroxyl groups excluding tert-OH is 2. The van der Waals surface area contributed by atoms with Crippen LogP contribution in [0.5, 0.6) is 0 Å². The number of anilines is 1. The van der Waals surface area contributed by atoms with Crippen molar-refractivity contribution in [2.24, 2.45) is 0 Å². The van der Waals surface area contributed by atoms with Crippen LogP contribution >= 0.6 is 0 Å². The Balaban J connectivity index is 2.08. The maximum Gasteiger partial charge on any atom is 0.433 e. The molecule has 0 aliphatic carbocycles. The SMILES string of the molecule is CCC1OCC(Nc2cccc(C(F)(F)F)n2)C(O)C1O. The highest BCUT2D eigenvalue weighted by Crippen LogP contribution is 2.28. The summed E-state index contributed by atoms with van der Waals surface area (Å²) in [4.78, 5) is 3.45. The second-order valence-electron chi connectivity index (χ2n) is 4.92. The van der Waals surface area contributed by atoms with E-state index in [0.717, 1.165) is 6.07 Å². The van der Waals surface area contributed by atoms with Crippen molar-refractivity contribution in [3.63, 3.8) is 0 Å². The van der Waals surface area contributed by atoms with E-state index in [4.69, 9.17) is 4.74 Å². The van der Waals surface area contributed by atoms with Gasteiger partial charge in [0.2, 0.25) is 0 Å². The minimum Gasteiger partial charge on any atom is -0.388 e. The second kappa shape index (κ2) is 6.17. The molecule has 0 radical (unpaired) electrons. The molecule has 2 heterocycles. The molecule has 0 bridgehead atoms. The fourth-order valence-corrected chi connectivity index (χ4v) is 2.23. The average molecular weight is 306 g/mol. The first-order chi connectivity index (χ1) is 9.82. The second-order valence-corrected chi connectivity index (χ2v) is 4.92.